The summed E-state index contributed by atoms with van der Waals surface area (Å²) in [6.07, 6.45) is 1.65. The van der Waals surface area contributed by atoms with Crippen LogP contribution in [-0.2, 0) is 9.53 Å². The van der Waals surface area contributed by atoms with Gasteiger partial charge in [0.1, 0.15) is 6.04 Å². The maximum atomic E-state index is 12.2. The molecule has 2 aromatic rings. The number of hydrazine groups is 1. The highest BCUT2D eigenvalue weighted by Crippen LogP contribution is 2.25. The van der Waals surface area contributed by atoms with Gasteiger partial charge in [0.15, 0.2) is 0 Å². The highest BCUT2D eigenvalue weighted by molar-refractivity contribution is 7.10. The molecule has 5 nitrogen and oxygen atoms in total. The molecule has 1 saturated heterocycles. The van der Waals surface area contributed by atoms with E-state index in [-0.39, 0.29) is 24.1 Å². The zero-order valence-electron chi connectivity index (χ0n) is 14.4. The van der Waals surface area contributed by atoms with Crippen molar-refractivity contribution in [1.29, 1.82) is 0 Å². The van der Waals surface area contributed by atoms with Crippen molar-refractivity contribution < 1.29 is 9.53 Å². The zero-order valence-corrected chi connectivity index (χ0v) is 15.2. The molecule has 3 rings (SSSR count). The molecular weight excluding hydrogens is 334 g/mol. The number of ether oxygens (including phenoxy) is 1. The third kappa shape index (κ3) is 5.12. The predicted octanol–water partition coefficient (Wildman–Crippen LogP) is 2.94. The molecule has 3 N–H and O–H groups in total. The zero-order chi connectivity index (χ0) is 17.5. The number of thiophene rings is 1. The molecule has 0 bridgehead atoms. The average molecular weight is 359 g/mol. The van der Waals surface area contributed by atoms with Crippen molar-refractivity contribution in [3.8, 4) is 0 Å². The summed E-state index contributed by atoms with van der Waals surface area (Å²) in [5, 5.41) is 5.04. The molecule has 25 heavy (non-hydrogen) atoms. The van der Waals surface area contributed by atoms with Crippen LogP contribution in [0.15, 0.2) is 47.8 Å². The van der Waals surface area contributed by atoms with E-state index >= 15 is 0 Å². The molecule has 0 saturated carbocycles. The molecule has 0 radical (unpaired) electrons. The normalized spacial score (nSPS) is 21.2. The van der Waals surface area contributed by atoms with Crippen molar-refractivity contribution in [3.63, 3.8) is 0 Å². The highest BCUT2D eigenvalue weighted by atomic mass is 32.1. The number of carbonyl (C=O) groups is 1. The van der Waals surface area contributed by atoms with E-state index in [2.05, 4.69) is 39.7 Å². The number of hydrogen-bond donors (Lipinski definition) is 3. The number of benzene rings is 1. The van der Waals surface area contributed by atoms with Crippen molar-refractivity contribution in [1.82, 2.24) is 16.2 Å². The number of hydrogen-bond acceptors (Lipinski definition) is 5. The van der Waals surface area contributed by atoms with Gasteiger partial charge in [0, 0.05) is 18.0 Å². The molecule has 134 valence electrons. The van der Waals surface area contributed by atoms with E-state index in [1.165, 1.54) is 10.4 Å². The Morgan fingerprint density at radius 2 is 2.12 bits per heavy atom. The average Bonchev–Trinajstić information content (AvgIpc) is 3.33. The lowest BCUT2D eigenvalue weighted by molar-refractivity contribution is -0.122. The Kier molecular flexibility index (Phi) is 6.58. The van der Waals surface area contributed by atoms with Gasteiger partial charge in [-0.2, -0.15) is 0 Å². The molecule has 1 aromatic carbocycles. The molecule has 0 spiro atoms. The van der Waals surface area contributed by atoms with E-state index in [0.29, 0.717) is 13.2 Å². The summed E-state index contributed by atoms with van der Waals surface area (Å²) in [4.78, 5) is 13.5. The molecular formula is C19H25N3O2S. The second-order valence-corrected chi connectivity index (χ2v) is 7.19. The SMILES string of the molecule is CC(OCCCNC(=O)C1CC(c2cccs2)NN1)c1ccccc1. The van der Waals surface area contributed by atoms with Gasteiger partial charge in [0.05, 0.1) is 12.1 Å². The van der Waals surface area contributed by atoms with Crippen LogP contribution in [0, 0.1) is 0 Å². The molecule has 1 aliphatic rings. The van der Waals surface area contributed by atoms with Gasteiger partial charge >= 0.3 is 0 Å². The first kappa shape index (κ1) is 18.1. The van der Waals surface area contributed by atoms with Crippen LogP contribution in [0.4, 0.5) is 0 Å². The molecule has 1 amide bonds. The Morgan fingerprint density at radius 3 is 2.88 bits per heavy atom. The van der Waals surface area contributed by atoms with Gasteiger partial charge in [0.25, 0.3) is 0 Å². The van der Waals surface area contributed by atoms with Gasteiger partial charge < -0.3 is 10.1 Å². The first-order valence-electron chi connectivity index (χ1n) is 8.73. The fourth-order valence-corrected chi connectivity index (χ4v) is 3.68. The lowest BCUT2D eigenvalue weighted by atomic mass is 10.1. The minimum Gasteiger partial charge on any atom is -0.374 e. The van der Waals surface area contributed by atoms with Crippen LogP contribution >= 0.6 is 11.3 Å². The van der Waals surface area contributed by atoms with Crippen LogP contribution in [-0.4, -0.2) is 25.1 Å². The molecule has 2 heterocycles. The summed E-state index contributed by atoms with van der Waals surface area (Å²) >= 11 is 1.71. The van der Waals surface area contributed by atoms with E-state index in [9.17, 15) is 4.79 Å². The monoisotopic (exact) mass is 359 g/mol. The Morgan fingerprint density at radius 1 is 1.28 bits per heavy atom. The van der Waals surface area contributed by atoms with Crippen molar-refractivity contribution in [3.05, 3.63) is 58.3 Å². The molecule has 6 heteroatoms. The maximum absolute atomic E-state index is 12.2. The van der Waals surface area contributed by atoms with Crippen LogP contribution in [0.2, 0.25) is 0 Å². The fraction of sp³-hybridized carbons (Fsp3) is 0.421. The molecule has 3 unspecified atom stereocenters. The van der Waals surface area contributed by atoms with E-state index in [4.69, 9.17) is 4.74 Å². The van der Waals surface area contributed by atoms with E-state index < -0.39 is 0 Å². The van der Waals surface area contributed by atoms with Crippen molar-refractivity contribution >= 4 is 17.2 Å². The smallest absolute Gasteiger partial charge is 0.238 e. The first-order chi connectivity index (χ1) is 12.2. The second-order valence-electron chi connectivity index (χ2n) is 6.21. The Balaban J connectivity index is 1.31. The van der Waals surface area contributed by atoms with E-state index in [1.54, 1.807) is 11.3 Å². The van der Waals surface area contributed by atoms with Crippen molar-refractivity contribution in [2.45, 2.75) is 38.0 Å². The van der Waals surface area contributed by atoms with Crippen LogP contribution in [0.3, 0.4) is 0 Å². The number of nitrogens with one attached hydrogen (secondary N) is 3. The fourth-order valence-electron chi connectivity index (χ4n) is 2.89. The standard InChI is InChI=1S/C19H25N3O2S/c1-14(15-7-3-2-4-8-15)24-11-6-10-20-19(23)17-13-16(21-22-17)18-9-5-12-25-18/h2-5,7-9,12,14,16-17,21-22H,6,10-11,13H2,1H3,(H,20,23). The Labute approximate surface area is 152 Å². The molecule has 1 fully saturated rings. The third-order valence-corrected chi connectivity index (χ3v) is 5.35. The lowest BCUT2D eigenvalue weighted by Crippen LogP contribution is -2.43. The second kappa shape index (κ2) is 9.10. The Bertz CT molecular complexity index is 648. The highest BCUT2D eigenvalue weighted by Gasteiger charge is 2.30. The summed E-state index contributed by atoms with van der Waals surface area (Å²) in [5.74, 6) is 0.0441. The number of carbonyl (C=O) groups excluding carboxylic acids is 1. The minimum atomic E-state index is -0.184. The third-order valence-electron chi connectivity index (χ3n) is 4.36. The lowest BCUT2D eigenvalue weighted by Gasteiger charge is -2.14. The van der Waals surface area contributed by atoms with Crippen LogP contribution < -0.4 is 16.2 Å². The number of rotatable bonds is 8. The van der Waals surface area contributed by atoms with Crippen LogP contribution in [0.1, 0.15) is 42.4 Å². The molecule has 3 atom stereocenters. The summed E-state index contributed by atoms with van der Waals surface area (Å²) in [6.45, 7) is 3.31. The quantitative estimate of drug-likeness (QED) is 0.634. The Hall–Kier alpha value is -1.73. The van der Waals surface area contributed by atoms with Crippen molar-refractivity contribution in [2.75, 3.05) is 13.2 Å². The van der Waals surface area contributed by atoms with Gasteiger partial charge in [-0.3, -0.25) is 4.79 Å². The summed E-state index contributed by atoms with van der Waals surface area (Å²) in [7, 11) is 0. The summed E-state index contributed by atoms with van der Waals surface area (Å²) in [5.41, 5.74) is 7.46. The first-order valence-corrected chi connectivity index (χ1v) is 9.60. The topological polar surface area (TPSA) is 62.4 Å². The van der Waals surface area contributed by atoms with Crippen LogP contribution in [0.5, 0.6) is 0 Å². The van der Waals surface area contributed by atoms with Gasteiger partial charge in [-0.15, -0.1) is 11.3 Å². The molecule has 1 aliphatic heterocycles. The minimum absolute atomic E-state index is 0.0441. The van der Waals surface area contributed by atoms with Gasteiger partial charge in [-0.25, -0.2) is 10.9 Å². The van der Waals surface area contributed by atoms with E-state index in [0.717, 1.165) is 12.8 Å². The van der Waals surface area contributed by atoms with Gasteiger partial charge in [-0.1, -0.05) is 36.4 Å². The molecule has 0 aliphatic carbocycles. The van der Waals surface area contributed by atoms with E-state index in [1.807, 2.05) is 31.2 Å². The van der Waals surface area contributed by atoms with Crippen LogP contribution in [0.25, 0.3) is 0 Å². The van der Waals surface area contributed by atoms with Gasteiger partial charge in [-0.05, 0) is 36.8 Å². The predicted molar refractivity (Wildman–Crippen MR) is 100 cm³/mol. The van der Waals surface area contributed by atoms with Gasteiger partial charge in [0.2, 0.25) is 5.91 Å². The largest absolute Gasteiger partial charge is 0.374 e. The summed E-state index contributed by atoms with van der Waals surface area (Å²) in [6, 6.07) is 14.3. The number of amides is 1. The van der Waals surface area contributed by atoms with Crippen molar-refractivity contribution in [2.24, 2.45) is 0 Å². The summed E-state index contributed by atoms with van der Waals surface area (Å²) < 4.78 is 5.82. The maximum Gasteiger partial charge on any atom is 0.238 e. The molecule has 1 aromatic heterocycles.